The fraction of sp³-hybridized carbons (Fsp3) is 0.310. The van der Waals surface area contributed by atoms with Crippen molar-refractivity contribution in [3.8, 4) is 11.5 Å². The average molecular weight is 477 g/mol. The first-order chi connectivity index (χ1) is 17.0. The molecule has 0 spiro atoms. The largest absolute Gasteiger partial charge is 0.489 e. The lowest BCUT2D eigenvalue weighted by Crippen LogP contribution is -2.17. The Morgan fingerprint density at radius 2 is 1.29 bits per heavy atom. The van der Waals surface area contributed by atoms with Gasteiger partial charge in [-0.3, -0.25) is 9.59 Å². The minimum Gasteiger partial charge on any atom is -0.489 e. The molecule has 0 fully saturated rings. The number of ether oxygens (including phenoxy) is 4. The molecule has 0 saturated heterocycles. The third kappa shape index (κ3) is 9.53. The van der Waals surface area contributed by atoms with Crippen LogP contribution in [0.25, 0.3) is 0 Å². The maximum atomic E-state index is 12.6. The number of esters is 2. The first kappa shape index (κ1) is 25.8. The Labute approximate surface area is 206 Å². The highest BCUT2D eigenvalue weighted by molar-refractivity contribution is 5.73. The zero-order valence-corrected chi connectivity index (χ0v) is 20.3. The summed E-state index contributed by atoms with van der Waals surface area (Å²) in [6.07, 6.45) is 1.29. The summed E-state index contributed by atoms with van der Waals surface area (Å²) in [4.78, 5) is 23.8. The molecular formula is C29H32O6. The van der Waals surface area contributed by atoms with Crippen LogP contribution in [0, 0.1) is 0 Å². The number of hydrogen-bond acceptors (Lipinski definition) is 6. The molecule has 184 valence electrons. The fourth-order valence-electron chi connectivity index (χ4n) is 3.51. The van der Waals surface area contributed by atoms with Gasteiger partial charge in [0.1, 0.15) is 24.7 Å². The lowest BCUT2D eigenvalue weighted by atomic mass is 10.1. The van der Waals surface area contributed by atoms with Crippen LogP contribution in [0.3, 0.4) is 0 Å². The maximum absolute atomic E-state index is 12.6. The molecule has 0 bridgehead atoms. The summed E-state index contributed by atoms with van der Waals surface area (Å²) in [7, 11) is 1.36. The van der Waals surface area contributed by atoms with Crippen molar-refractivity contribution in [1.82, 2.24) is 0 Å². The van der Waals surface area contributed by atoms with E-state index in [1.54, 1.807) is 0 Å². The van der Waals surface area contributed by atoms with Gasteiger partial charge in [0.25, 0.3) is 0 Å². The number of rotatable bonds is 13. The van der Waals surface area contributed by atoms with Gasteiger partial charge in [-0.25, -0.2) is 0 Å². The second-order valence-corrected chi connectivity index (χ2v) is 8.31. The standard InChI is InChI=1S/C29H32O6/c1-22(10-9-15-28(30)32-2)35-29(31)18-25-16-26(33-20-23-11-5-3-6-12-23)19-27(17-25)34-21-24-13-7-4-8-14-24/h3-8,11-14,16-17,19,22H,9-10,15,18,20-21H2,1-2H3. The van der Waals surface area contributed by atoms with Crippen molar-refractivity contribution in [3.63, 3.8) is 0 Å². The number of benzene rings is 3. The van der Waals surface area contributed by atoms with Gasteiger partial charge in [0.2, 0.25) is 0 Å². The molecule has 0 radical (unpaired) electrons. The highest BCUT2D eigenvalue weighted by Crippen LogP contribution is 2.25. The third-order valence-corrected chi connectivity index (χ3v) is 5.34. The van der Waals surface area contributed by atoms with E-state index in [-0.39, 0.29) is 24.5 Å². The summed E-state index contributed by atoms with van der Waals surface area (Å²) >= 11 is 0. The molecular weight excluding hydrogens is 444 g/mol. The molecule has 0 heterocycles. The highest BCUT2D eigenvalue weighted by atomic mass is 16.5. The second-order valence-electron chi connectivity index (χ2n) is 8.31. The van der Waals surface area contributed by atoms with E-state index in [1.807, 2.05) is 85.8 Å². The predicted octanol–water partition coefficient (Wildman–Crippen LogP) is 5.66. The summed E-state index contributed by atoms with van der Waals surface area (Å²) in [6.45, 7) is 2.64. The molecule has 0 saturated carbocycles. The van der Waals surface area contributed by atoms with E-state index < -0.39 is 0 Å². The van der Waals surface area contributed by atoms with Crippen molar-refractivity contribution in [2.45, 2.75) is 51.9 Å². The molecule has 3 aromatic carbocycles. The van der Waals surface area contributed by atoms with E-state index >= 15 is 0 Å². The van der Waals surface area contributed by atoms with Gasteiger partial charge < -0.3 is 18.9 Å². The van der Waals surface area contributed by atoms with Crippen LogP contribution in [0.4, 0.5) is 0 Å². The Balaban J connectivity index is 1.63. The summed E-state index contributed by atoms with van der Waals surface area (Å²) in [5.74, 6) is 0.630. The topological polar surface area (TPSA) is 71.1 Å². The van der Waals surface area contributed by atoms with Crippen LogP contribution in [0.15, 0.2) is 78.9 Å². The summed E-state index contributed by atoms with van der Waals surface area (Å²) in [5.41, 5.74) is 2.83. The van der Waals surface area contributed by atoms with Gasteiger partial charge in [-0.1, -0.05) is 60.7 Å². The van der Waals surface area contributed by atoms with Crippen molar-refractivity contribution < 1.29 is 28.5 Å². The van der Waals surface area contributed by atoms with Crippen molar-refractivity contribution in [1.29, 1.82) is 0 Å². The van der Waals surface area contributed by atoms with Crippen molar-refractivity contribution in [2.24, 2.45) is 0 Å². The molecule has 0 N–H and O–H groups in total. The van der Waals surface area contributed by atoms with Gasteiger partial charge in [-0.2, -0.15) is 0 Å². The van der Waals surface area contributed by atoms with Gasteiger partial charge in [0.15, 0.2) is 0 Å². The average Bonchev–Trinajstić information content (AvgIpc) is 2.87. The Bertz CT molecular complexity index is 1000. The van der Waals surface area contributed by atoms with Gasteiger partial charge >= 0.3 is 11.9 Å². The van der Waals surface area contributed by atoms with Gasteiger partial charge in [0, 0.05) is 12.5 Å². The van der Waals surface area contributed by atoms with Crippen LogP contribution in [-0.2, 0) is 38.7 Å². The quantitative estimate of drug-likeness (QED) is 0.296. The van der Waals surface area contributed by atoms with E-state index in [4.69, 9.17) is 14.2 Å². The Kier molecular flexibility index (Phi) is 10.2. The van der Waals surface area contributed by atoms with Gasteiger partial charge in [0.05, 0.1) is 19.6 Å². The van der Waals surface area contributed by atoms with Crippen LogP contribution in [-0.4, -0.2) is 25.2 Å². The van der Waals surface area contributed by atoms with Crippen LogP contribution in [0.5, 0.6) is 11.5 Å². The van der Waals surface area contributed by atoms with E-state index in [0.29, 0.717) is 44.0 Å². The Morgan fingerprint density at radius 1 is 0.743 bits per heavy atom. The van der Waals surface area contributed by atoms with E-state index in [0.717, 1.165) is 16.7 Å². The third-order valence-electron chi connectivity index (χ3n) is 5.34. The highest BCUT2D eigenvalue weighted by Gasteiger charge is 2.14. The molecule has 35 heavy (non-hydrogen) atoms. The lowest BCUT2D eigenvalue weighted by molar-refractivity contribution is -0.147. The maximum Gasteiger partial charge on any atom is 0.310 e. The molecule has 1 atom stereocenters. The normalized spacial score (nSPS) is 11.4. The number of hydrogen-bond donors (Lipinski definition) is 0. The Hall–Kier alpha value is -3.80. The summed E-state index contributed by atoms with van der Waals surface area (Å²) in [5, 5.41) is 0. The molecule has 6 heteroatoms. The SMILES string of the molecule is COC(=O)CCCC(C)OC(=O)Cc1cc(OCc2ccccc2)cc(OCc2ccccc2)c1. The summed E-state index contributed by atoms with van der Waals surface area (Å²) in [6, 6.07) is 25.3. The van der Waals surface area contributed by atoms with E-state index in [9.17, 15) is 9.59 Å². The summed E-state index contributed by atoms with van der Waals surface area (Å²) < 4.78 is 22.2. The number of carbonyl (C=O) groups excluding carboxylic acids is 2. The minimum absolute atomic E-state index is 0.0889. The number of carbonyl (C=O) groups is 2. The zero-order valence-electron chi connectivity index (χ0n) is 20.3. The first-order valence-corrected chi connectivity index (χ1v) is 11.8. The van der Waals surface area contributed by atoms with Gasteiger partial charge in [-0.05, 0) is 48.6 Å². The van der Waals surface area contributed by atoms with Crippen LogP contribution < -0.4 is 9.47 Å². The molecule has 6 nitrogen and oxygen atoms in total. The number of methoxy groups -OCH3 is 1. The van der Waals surface area contributed by atoms with Crippen LogP contribution in [0.1, 0.15) is 42.9 Å². The monoisotopic (exact) mass is 476 g/mol. The lowest BCUT2D eigenvalue weighted by Gasteiger charge is -2.15. The molecule has 0 aliphatic carbocycles. The second kappa shape index (κ2) is 13.8. The van der Waals surface area contributed by atoms with Crippen molar-refractivity contribution in [3.05, 3.63) is 95.6 Å². The molecule has 0 aliphatic rings. The zero-order chi connectivity index (χ0) is 24.9. The van der Waals surface area contributed by atoms with Crippen molar-refractivity contribution in [2.75, 3.05) is 7.11 Å². The van der Waals surface area contributed by atoms with Gasteiger partial charge in [-0.15, -0.1) is 0 Å². The fourth-order valence-corrected chi connectivity index (χ4v) is 3.51. The molecule has 0 amide bonds. The van der Waals surface area contributed by atoms with Crippen molar-refractivity contribution >= 4 is 11.9 Å². The molecule has 0 aromatic heterocycles. The smallest absolute Gasteiger partial charge is 0.310 e. The molecule has 0 aliphatic heterocycles. The molecule has 3 rings (SSSR count). The van der Waals surface area contributed by atoms with E-state index in [2.05, 4.69) is 4.74 Å². The first-order valence-electron chi connectivity index (χ1n) is 11.8. The predicted molar refractivity (Wildman–Crippen MR) is 133 cm³/mol. The molecule has 3 aromatic rings. The van der Waals surface area contributed by atoms with Crippen LogP contribution in [0.2, 0.25) is 0 Å². The molecule has 1 unspecified atom stereocenters. The van der Waals surface area contributed by atoms with E-state index in [1.165, 1.54) is 7.11 Å². The minimum atomic E-state index is -0.343. The Morgan fingerprint density at radius 3 is 1.80 bits per heavy atom. The van der Waals surface area contributed by atoms with Crippen LogP contribution >= 0.6 is 0 Å².